The van der Waals surface area contributed by atoms with Crippen LogP contribution in [-0.2, 0) is 0 Å². The Bertz CT molecular complexity index is 1160. The molecule has 0 saturated carbocycles. The van der Waals surface area contributed by atoms with Crippen molar-refractivity contribution < 1.29 is 14.2 Å². The van der Waals surface area contributed by atoms with Gasteiger partial charge in [-0.05, 0) is 42.9 Å². The highest BCUT2D eigenvalue weighted by atomic mass is 32.1. The molecule has 0 saturated heterocycles. The van der Waals surface area contributed by atoms with Crippen molar-refractivity contribution in [2.75, 3.05) is 37.6 Å². The van der Waals surface area contributed by atoms with E-state index in [1.54, 1.807) is 13.2 Å². The molecule has 0 spiro atoms. The number of pyridine rings is 1. The van der Waals surface area contributed by atoms with Crippen molar-refractivity contribution in [2.24, 2.45) is 0 Å². The van der Waals surface area contributed by atoms with E-state index in [2.05, 4.69) is 27.0 Å². The summed E-state index contributed by atoms with van der Waals surface area (Å²) in [4.78, 5) is 4.59. The van der Waals surface area contributed by atoms with E-state index in [-0.39, 0.29) is 6.79 Å². The number of methoxy groups -OCH3 is 1. The first-order valence-corrected chi connectivity index (χ1v) is 10.1. The third-order valence-electron chi connectivity index (χ3n) is 4.69. The molecule has 3 aromatic rings. The molecule has 1 aromatic heterocycles. The first kappa shape index (κ1) is 20.5. The van der Waals surface area contributed by atoms with E-state index in [1.807, 2.05) is 36.4 Å². The number of aromatic nitrogens is 1. The predicted octanol–water partition coefficient (Wildman–Crippen LogP) is 3.63. The summed E-state index contributed by atoms with van der Waals surface area (Å²) in [5.41, 5.74) is 2.08. The molecule has 0 amide bonds. The molecule has 9 heteroatoms. The number of anilines is 2. The number of rotatable bonds is 7. The first-order valence-electron chi connectivity index (χ1n) is 9.73. The number of ether oxygens (including phenoxy) is 3. The highest BCUT2D eigenvalue weighted by Gasteiger charge is 2.16. The Balaban J connectivity index is 1.29. The fourth-order valence-electron chi connectivity index (χ4n) is 3.16. The van der Waals surface area contributed by atoms with Gasteiger partial charge in [-0.1, -0.05) is 6.07 Å². The van der Waals surface area contributed by atoms with Crippen molar-refractivity contribution in [3.63, 3.8) is 0 Å². The summed E-state index contributed by atoms with van der Waals surface area (Å²) in [6.07, 6.45) is 0.783. The number of nitriles is 1. The van der Waals surface area contributed by atoms with E-state index < -0.39 is 0 Å². The fraction of sp³-hybridized carbons (Fsp3) is 0.227. The van der Waals surface area contributed by atoms with Gasteiger partial charge in [-0.15, -0.1) is 0 Å². The van der Waals surface area contributed by atoms with Crippen LogP contribution >= 0.6 is 12.2 Å². The first-order chi connectivity index (χ1) is 15.2. The minimum Gasteiger partial charge on any atom is -0.497 e. The van der Waals surface area contributed by atoms with Crippen molar-refractivity contribution in [3.8, 4) is 23.3 Å². The molecule has 0 atom stereocenters. The molecule has 0 radical (unpaired) electrons. The van der Waals surface area contributed by atoms with Crippen molar-refractivity contribution in [2.45, 2.75) is 6.42 Å². The van der Waals surface area contributed by atoms with Crippen LogP contribution in [0.4, 0.5) is 11.5 Å². The Labute approximate surface area is 185 Å². The highest BCUT2D eigenvalue weighted by Crippen LogP contribution is 2.36. The van der Waals surface area contributed by atoms with Gasteiger partial charge in [-0.25, -0.2) is 4.98 Å². The molecule has 1 aliphatic rings. The molecule has 4 rings (SSSR count). The maximum Gasteiger partial charge on any atom is 0.231 e. The van der Waals surface area contributed by atoms with Crippen LogP contribution in [0.2, 0.25) is 0 Å². The molecule has 8 nitrogen and oxygen atoms in total. The molecule has 2 heterocycles. The molecule has 0 fully saturated rings. The van der Waals surface area contributed by atoms with Gasteiger partial charge in [-0.2, -0.15) is 5.26 Å². The average Bonchev–Trinajstić information content (AvgIpc) is 3.24. The highest BCUT2D eigenvalue weighted by molar-refractivity contribution is 7.80. The van der Waals surface area contributed by atoms with Crippen molar-refractivity contribution in [1.82, 2.24) is 10.3 Å². The lowest BCUT2D eigenvalue weighted by Gasteiger charge is -2.12. The van der Waals surface area contributed by atoms with E-state index in [4.69, 9.17) is 26.4 Å². The van der Waals surface area contributed by atoms with Crippen LogP contribution in [0.3, 0.4) is 0 Å². The zero-order valence-corrected chi connectivity index (χ0v) is 17.7. The van der Waals surface area contributed by atoms with Gasteiger partial charge in [0.15, 0.2) is 16.6 Å². The number of nitrogens with one attached hydrogen (secondary N) is 3. The molecule has 0 bridgehead atoms. The molecule has 158 valence electrons. The molecule has 1 aliphatic heterocycles. The van der Waals surface area contributed by atoms with Crippen LogP contribution in [0.1, 0.15) is 12.0 Å². The third kappa shape index (κ3) is 4.87. The molecule has 2 aromatic carbocycles. The van der Waals surface area contributed by atoms with Crippen LogP contribution in [0.25, 0.3) is 10.9 Å². The zero-order chi connectivity index (χ0) is 21.6. The number of hydrogen-bond donors (Lipinski definition) is 3. The minimum absolute atomic E-state index is 0.198. The Hall–Kier alpha value is -3.77. The summed E-state index contributed by atoms with van der Waals surface area (Å²) < 4.78 is 16.0. The van der Waals surface area contributed by atoms with E-state index in [0.29, 0.717) is 41.1 Å². The van der Waals surface area contributed by atoms with Gasteiger partial charge in [0.2, 0.25) is 6.79 Å². The van der Waals surface area contributed by atoms with Crippen molar-refractivity contribution >= 4 is 39.7 Å². The number of nitrogens with zero attached hydrogens (tertiary/aromatic N) is 2. The maximum atomic E-state index is 9.49. The van der Waals surface area contributed by atoms with Crippen LogP contribution in [0, 0.1) is 11.3 Å². The fourth-order valence-corrected chi connectivity index (χ4v) is 3.38. The van der Waals surface area contributed by atoms with Crippen LogP contribution < -0.4 is 30.2 Å². The second kappa shape index (κ2) is 9.36. The Morgan fingerprint density at radius 2 is 2.03 bits per heavy atom. The second-order valence-electron chi connectivity index (χ2n) is 6.79. The Kier molecular flexibility index (Phi) is 6.19. The normalized spacial score (nSPS) is 11.6. The van der Waals surface area contributed by atoms with Gasteiger partial charge in [-0.3, -0.25) is 0 Å². The Morgan fingerprint density at radius 1 is 1.19 bits per heavy atom. The summed E-state index contributed by atoms with van der Waals surface area (Å²) >= 11 is 5.33. The smallest absolute Gasteiger partial charge is 0.231 e. The zero-order valence-electron chi connectivity index (χ0n) is 16.9. The number of hydrogen-bond acceptors (Lipinski definition) is 7. The van der Waals surface area contributed by atoms with Gasteiger partial charge in [0.1, 0.15) is 17.6 Å². The molecule has 0 unspecified atom stereocenters. The van der Waals surface area contributed by atoms with Crippen molar-refractivity contribution in [3.05, 3.63) is 48.0 Å². The van der Waals surface area contributed by atoms with Crippen LogP contribution in [-0.4, -0.2) is 37.1 Å². The van der Waals surface area contributed by atoms with Gasteiger partial charge in [0.05, 0.1) is 18.2 Å². The van der Waals surface area contributed by atoms with Gasteiger partial charge >= 0.3 is 0 Å². The number of benzene rings is 2. The largest absolute Gasteiger partial charge is 0.497 e. The summed E-state index contributed by atoms with van der Waals surface area (Å²) in [6, 6.07) is 15.2. The molecular formula is C22H21N5O3S. The van der Waals surface area contributed by atoms with E-state index in [1.165, 1.54) is 0 Å². The molecule has 31 heavy (non-hydrogen) atoms. The summed E-state index contributed by atoms with van der Waals surface area (Å²) in [5, 5.41) is 20.4. The lowest BCUT2D eigenvalue weighted by Crippen LogP contribution is -2.30. The average molecular weight is 436 g/mol. The summed E-state index contributed by atoms with van der Waals surface area (Å²) in [5.74, 6) is 2.64. The van der Waals surface area contributed by atoms with E-state index >= 15 is 0 Å². The number of thiocarbonyl (C=S) groups is 1. The lowest BCUT2D eigenvalue weighted by atomic mass is 10.1. The van der Waals surface area contributed by atoms with Gasteiger partial charge in [0, 0.05) is 36.3 Å². The predicted molar refractivity (Wildman–Crippen MR) is 123 cm³/mol. The SMILES string of the molecule is COc1cccc(NC(=S)NCCCNc2nc3cc4c(cc3cc2C#N)OCO4)c1. The second-order valence-corrected chi connectivity index (χ2v) is 7.20. The maximum absolute atomic E-state index is 9.49. The minimum atomic E-state index is 0.198. The Morgan fingerprint density at radius 3 is 2.84 bits per heavy atom. The summed E-state index contributed by atoms with van der Waals surface area (Å²) in [6.45, 7) is 1.49. The topological polar surface area (TPSA) is 100 Å². The van der Waals surface area contributed by atoms with E-state index in [0.717, 1.165) is 28.8 Å². The van der Waals surface area contributed by atoms with Gasteiger partial charge < -0.3 is 30.2 Å². The standard InChI is InChI=1S/C22H21N5O3S/c1-28-17-5-2-4-16(10-17)26-22(31)25-7-3-6-24-21-15(12-23)8-14-9-19-20(30-13-29-19)11-18(14)27-21/h2,4-5,8-11H,3,6-7,13H2,1H3,(H,24,27)(H2,25,26,31). The lowest BCUT2D eigenvalue weighted by molar-refractivity contribution is 0.174. The van der Waals surface area contributed by atoms with Gasteiger partial charge in [0.25, 0.3) is 0 Å². The molecule has 0 aliphatic carbocycles. The monoisotopic (exact) mass is 435 g/mol. The summed E-state index contributed by atoms with van der Waals surface area (Å²) in [7, 11) is 1.62. The molecular weight excluding hydrogens is 414 g/mol. The van der Waals surface area contributed by atoms with Crippen molar-refractivity contribution in [1.29, 1.82) is 5.26 Å². The van der Waals surface area contributed by atoms with Crippen LogP contribution in [0.15, 0.2) is 42.5 Å². The number of fused-ring (bicyclic) bond motifs is 2. The molecule has 3 N–H and O–H groups in total. The quantitative estimate of drug-likeness (QED) is 0.379. The van der Waals surface area contributed by atoms with E-state index in [9.17, 15) is 5.26 Å². The third-order valence-corrected chi connectivity index (χ3v) is 4.94. The van der Waals surface area contributed by atoms with Crippen LogP contribution in [0.5, 0.6) is 17.2 Å².